The fourth-order valence-corrected chi connectivity index (χ4v) is 2.53. The van der Waals surface area contributed by atoms with E-state index in [1.54, 1.807) is 0 Å². The Bertz CT molecular complexity index is 295. The normalized spacial score (nSPS) is 31.7. The number of nitrogens with two attached hydrogens (primary N) is 1. The molecule has 0 aliphatic carbocycles. The third-order valence-corrected chi connectivity index (χ3v) is 3.89. The van der Waals surface area contributed by atoms with E-state index < -0.39 is 0 Å². The minimum absolute atomic E-state index is 0.0615. The zero-order chi connectivity index (χ0) is 12.6. The van der Waals surface area contributed by atoms with Crippen LogP contribution in [0.15, 0.2) is 0 Å². The minimum Gasteiger partial charge on any atom is -0.373 e. The van der Waals surface area contributed by atoms with E-state index >= 15 is 0 Å². The highest BCUT2D eigenvalue weighted by atomic mass is 16.5. The predicted molar refractivity (Wildman–Crippen MR) is 65.6 cm³/mol. The van der Waals surface area contributed by atoms with Gasteiger partial charge in [0.1, 0.15) is 0 Å². The smallest absolute Gasteiger partial charge is 0.239 e. The van der Waals surface area contributed by atoms with E-state index in [0.29, 0.717) is 12.6 Å². The topological polar surface area (TPSA) is 58.8 Å². The van der Waals surface area contributed by atoms with E-state index in [1.165, 1.54) is 0 Å². The maximum absolute atomic E-state index is 12.2. The van der Waals surface area contributed by atoms with Gasteiger partial charge in [0.05, 0.1) is 24.8 Å². The van der Waals surface area contributed by atoms with Crippen molar-refractivity contribution < 1.29 is 9.53 Å². The molecule has 0 bridgehead atoms. The van der Waals surface area contributed by atoms with Crippen molar-refractivity contribution in [2.75, 3.05) is 33.3 Å². The molecule has 3 atom stereocenters. The van der Waals surface area contributed by atoms with Gasteiger partial charge in [0, 0.05) is 19.6 Å². The van der Waals surface area contributed by atoms with Crippen molar-refractivity contribution in [3.63, 3.8) is 0 Å². The number of hydrogen-bond acceptors (Lipinski definition) is 4. The second kappa shape index (κ2) is 4.92. The Balaban J connectivity index is 1.99. The summed E-state index contributed by atoms with van der Waals surface area (Å²) in [6, 6.07) is -0.0486. The predicted octanol–water partition coefficient (Wildman–Crippen LogP) is -0.489. The lowest BCUT2D eigenvalue weighted by molar-refractivity contribution is -0.133. The number of amides is 1. The number of hydrogen-bond donors (Lipinski definition) is 1. The Morgan fingerprint density at radius 2 is 2.12 bits per heavy atom. The van der Waals surface area contributed by atoms with Crippen LogP contribution in [-0.2, 0) is 9.53 Å². The van der Waals surface area contributed by atoms with Gasteiger partial charge in [-0.05, 0) is 13.0 Å². The highest BCUT2D eigenvalue weighted by Crippen LogP contribution is 2.22. The Kier molecular flexibility index (Phi) is 3.70. The highest BCUT2D eigenvalue weighted by molar-refractivity contribution is 5.82. The van der Waals surface area contributed by atoms with E-state index in [0.717, 1.165) is 19.7 Å². The van der Waals surface area contributed by atoms with Crippen molar-refractivity contribution >= 4 is 5.91 Å². The third kappa shape index (κ3) is 2.46. The molecular weight excluding hydrogens is 218 g/mol. The molecular formula is C12H23N3O2. The lowest BCUT2D eigenvalue weighted by atomic mass is 10.0. The molecule has 2 aliphatic heterocycles. The van der Waals surface area contributed by atoms with Crippen LogP contribution in [0, 0.1) is 5.92 Å². The van der Waals surface area contributed by atoms with Crippen molar-refractivity contribution in [1.82, 2.24) is 9.80 Å². The molecule has 2 saturated heterocycles. The zero-order valence-electron chi connectivity index (χ0n) is 10.9. The molecule has 2 N–H and O–H groups in total. The van der Waals surface area contributed by atoms with Gasteiger partial charge in [0.25, 0.3) is 0 Å². The number of rotatable bonds is 2. The van der Waals surface area contributed by atoms with Gasteiger partial charge in [0.2, 0.25) is 5.91 Å². The molecule has 0 radical (unpaired) electrons. The summed E-state index contributed by atoms with van der Waals surface area (Å²) in [6.45, 7) is 7.10. The van der Waals surface area contributed by atoms with Crippen molar-refractivity contribution in [2.24, 2.45) is 11.7 Å². The Labute approximate surface area is 103 Å². The maximum atomic E-state index is 12.2. The molecule has 0 aromatic carbocycles. The van der Waals surface area contributed by atoms with Crippen LogP contribution >= 0.6 is 0 Å². The van der Waals surface area contributed by atoms with Gasteiger partial charge in [-0.15, -0.1) is 0 Å². The molecule has 98 valence electrons. The lowest BCUT2D eigenvalue weighted by Gasteiger charge is -2.33. The van der Waals surface area contributed by atoms with Crippen LogP contribution in [0.25, 0.3) is 0 Å². The van der Waals surface area contributed by atoms with Gasteiger partial charge < -0.3 is 15.4 Å². The summed E-state index contributed by atoms with van der Waals surface area (Å²) in [4.78, 5) is 16.3. The summed E-state index contributed by atoms with van der Waals surface area (Å²) >= 11 is 0. The molecule has 2 fully saturated rings. The van der Waals surface area contributed by atoms with Gasteiger partial charge in [0.15, 0.2) is 0 Å². The molecule has 2 aliphatic rings. The minimum atomic E-state index is -0.388. The summed E-state index contributed by atoms with van der Waals surface area (Å²) in [6.07, 6.45) is 0.164. The number of nitrogens with zero attached hydrogens (tertiary/aromatic N) is 2. The summed E-state index contributed by atoms with van der Waals surface area (Å²) < 4.78 is 5.72. The maximum Gasteiger partial charge on any atom is 0.239 e. The second-order valence-electron chi connectivity index (χ2n) is 5.47. The Morgan fingerprint density at radius 1 is 1.41 bits per heavy atom. The van der Waals surface area contributed by atoms with E-state index in [-0.39, 0.29) is 24.0 Å². The Morgan fingerprint density at radius 3 is 2.71 bits per heavy atom. The van der Waals surface area contributed by atoms with E-state index in [2.05, 4.69) is 11.9 Å². The molecule has 2 heterocycles. The first kappa shape index (κ1) is 12.8. The summed E-state index contributed by atoms with van der Waals surface area (Å²) in [5, 5.41) is 0. The first-order valence-corrected chi connectivity index (χ1v) is 6.37. The standard InChI is InChI=1S/C12H23N3O2/c1-8(2)11(13)12(16)15-6-9-10(7-15)17-5-4-14(9)3/h8-11H,4-7,13H2,1-3H3/t9-,10-,11+/m1/s1. The number of likely N-dealkylation sites (N-methyl/N-ethyl adjacent to an activating group) is 1. The SMILES string of the molecule is CC(C)[C@H](N)C(=O)N1C[C@@H]2[C@@H](C1)OCCN2C. The monoisotopic (exact) mass is 241 g/mol. The average Bonchev–Trinajstić information content (AvgIpc) is 2.72. The van der Waals surface area contributed by atoms with Crippen LogP contribution in [-0.4, -0.2) is 67.2 Å². The van der Waals surface area contributed by atoms with Crippen molar-refractivity contribution in [3.8, 4) is 0 Å². The zero-order valence-corrected chi connectivity index (χ0v) is 10.9. The summed E-state index contributed by atoms with van der Waals surface area (Å²) in [7, 11) is 2.09. The molecule has 1 amide bonds. The molecule has 0 aromatic heterocycles. The van der Waals surface area contributed by atoms with Crippen LogP contribution in [0.1, 0.15) is 13.8 Å². The van der Waals surface area contributed by atoms with Gasteiger partial charge in [-0.3, -0.25) is 9.69 Å². The first-order valence-electron chi connectivity index (χ1n) is 6.37. The van der Waals surface area contributed by atoms with E-state index in [4.69, 9.17) is 10.5 Å². The van der Waals surface area contributed by atoms with Crippen molar-refractivity contribution in [3.05, 3.63) is 0 Å². The van der Waals surface area contributed by atoms with Crippen LogP contribution in [0.3, 0.4) is 0 Å². The van der Waals surface area contributed by atoms with Gasteiger partial charge in [-0.1, -0.05) is 13.8 Å². The molecule has 5 heteroatoms. The van der Waals surface area contributed by atoms with Crippen LogP contribution < -0.4 is 5.73 Å². The molecule has 17 heavy (non-hydrogen) atoms. The summed E-state index contributed by atoms with van der Waals surface area (Å²) in [5.41, 5.74) is 5.92. The number of fused-ring (bicyclic) bond motifs is 1. The molecule has 0 aromatic rings. The Hall–Kier alpha value is -0.650. The number of morpholine rings is 1. The first-order chi connectivity index (χ1) is 8.00. The molecule has 0 unspecified atom stereocenters. The third-order valence-electron chi connectivity index (χ3n) is 3.89. The van der Waals surface area contributed by atoms with Crippen LogP contribution in [0.2, 0.25) is 0 Å². The fraction of sp³-hybridized carbons (Fsp3) is 0.917. The van der Waals surface area contributed by atoms with Crippen LogP contribution in [0.5, 0.6) is 0 Å². The highest BCUT2D eigenvalue weighted by Gasteiger charge is 2.41. The van der Waals surface area contributed by atoms with Crippen molar-refractivity contribution in [2.45, 2.75) is 32.0 Å². The van der Waals surface area contributed by atoms with Crippen LogP contribution in [0.4, 0.5) is 0 Å². The largest absolute Gasteiger partial charge is 0.373 e. The van der Waals surface area contributed by atoms with Gasteiger partial charge in [-0.2, -0.15) is 0 Å². The number of carbonyl (C=O) groups is 1. The summed E-state index contributed by atoms with van der Waals surface area (Å²) in [5.74, 6) is 0.246. The molecule has 0 spiro atoms. The quantitative estimate of drug-likeness (QED) is 0.709. The fourth-order valence-electron chi connectivity index (χ4n) is 2.53. The molecule has 5 nitrogen and oxygen atoms in total. The number of carbonyl (C=O) groups excluding carboxylic acids is 1. The average molecular weight is 241 g/mol. The van der Waals surface area contributed by atoms with Crippen molar-refractivity contribution in [1.29, 1.82) is 0 Å². The molecule has 2 rings (SSSR count). The molecule has 0 saturated carbocycles. The second-order valence-corrected chi connectivity index (χ2v) is 5.47. The van der Waals surface area contributed by atoms with E-state index in [1.807, 2.05) is 18.7 Å². The lowest BCUT2D eigenvalue weighted by Crippen LogP contribution is -2.48. The van der Waals surface area contributed by atoms with Gasteiger partial charge >= 0.3 is 0 Å². The number of ether oxygens (including phenoxy) is 1. The van der Waals surface area contributed by atoms with E-state index in [9.17, 15) is 4.79 Å². The van der Waals surface area contributed by atoms with Gasteiger partial charge in [-0.25, -0.2) is 0 Å². The number of likely N-dealkylation sites (tertiary alicyclic amines) is 1.